The third-order valence-corrected chi connectivity index (χ3v) is 5.43. The molecule has 0 spiro atoms. The van der Waals surface area contributed by atoms with Gasteiger partial charge < -0.3 is 9.47 Å². The van der Waals surface area contributed by atoms with Crippen LogP contribution in [-0.2, 0) is 9.53 Å². The lowest BCUT2D eigenvalue weighted by molar-refractivity contribution is -0.149. The van der Waals surface area contributed by atoms with Gasteiger partial charge >= 0.3 is 12.1 Å². The maximum Gasteiger partial charge on any atom is 0.426 e. The van der Waals surface area contributed by atoms with Gasteiger partial charge in [-0.1, -0.05) is 55.8 Å². The van der Waals surface area contributed by atoms with Crippen molar-refractivity contribution in [2.45, 2.75) is 26.1 Å². The van der Waals surface area contributed by atoms with Gasteiger partial charge in [-0.05, 0) is 29.5 Å². The fourth-order valence-corrected chi connectivity index (χ4v) is 3.41. The second kappa shape index (κ2) is 8.60. The van der Waals surface area contributed by atoms with Crippen LogP contribution in [0.25, 0.3) is 0 Å². The van der Waals surface area contributed by atoms with Crippen molar-refractivity contribution >= 4 is 17.6 Å². The smallest absolute Gasteiger partial charge is 0.426 e. The number of carbonyl (C=O) groups is 1. The van der Waals surface area contributed by atoms with E-state index >= 15 is 0 Å². The van der Waals surface area contributed by atoms with Crippen LogP contribution in [0.1, 0.15) is 25.6 Å². The number of hydrogen-bond donors (Lipinski definition) is 0. The molecule has 3 rings (SSSR count). The minimum Gasteiger partial charge on any atom is -0.440 e. The quantitative estimate of drug-likeness (QED) is 0.509. The summed E-state index contributed by atoms with van der Waals surface area (Å²) in [5, 5.41) is 8.18. The van der Waals surface area contributed by atoms with Crippen molar-refractivity contribution in [3.05, 3.63) is 65.3 Å². The number of carbonyl (C=O) groups excluding carboxylic acids is 1. The molecule has 0 N–H and O–H groups in total. The Labute approximate surface area is 182 Å². The number of aromatic nitrogens is 1. The lowest BCUT2D eigenvalue weighted by Gasteiger charge is -2.12. The van der Waals surface area contributed by atoms with E-state index < -0.39 is 40.5 Å². The molecule has 1 aromatic carbocycles. The Hall–Kier alpha value is -3.05. The van der Waals surface area contributed by atoms with E-state index in [2.05, 4.69) is 4.98 Å². The summed E-state index contributed by atoms with van der Waals surface area (Å²) in [6.45, 7) is 3.27. The average molecular weight is 451 g/mol. The van der Waals surface area contributed by atoms with Gasteiger partial charge in [0, 0.05) is 6.07 Å². The number of nitriles is 1. The molecule has 5 nitrogen and oxygen atoms in total. The maximum absolute atomic E-state index is 12.7. The van der Waals surface area contributed by atoms with Gasteiger partial charge in [0.15, 0.2) is 0 Å². The molecule has 0 unspecified atom stereocenters. The lowest BCUT2D eigenvalue weighted by atomic mass is 10.1. The number of ether oxygens (including phenoxy) is 2. The molecule has 0 aliphatic heterocycles. The topological polar surface area (TPSA) is 72.2 Å². The van der Waals surface area contributed by atoms with E-state index in [4.69, 9.17) is 21.1 Å². The van der Waals surface area contributed by atoms with Crippen molar-refractivity contribution in [1.82, 2.24) is 4.98 Å². The van der Waals surface area contributed by atoms with Gasteiger partial charge in [-0.15, -0.1) is 0 Å². The summed E-state index contributed by atoms with van der Waals surface area (Å²) in [7, 11) is 0. The van der Waals surface area contributed by atoms with Gasteiger partial charge in [0.25, 0.3) is 0 Å². The number of alkyl halides is 3. The average Bonchev–Trinajstić information content (AvgIpc) is 3.26. The molecule has 1 aliphatic rings. The molecule has 3 atom stereocenters. The zero-order valence-electron chi connectivity index (χ0n) is 16.6. The molecule has 1 heterocycles. The van der Waals surface area contributed by atoms with Crippen LogP contribution in [0.2, 0.25) is 0 Å². The summed E-state index contributed by atoms with van der Waals surface area (Å²) in [5.74, 6) is -1.67. The first-order chi connectivity index (χ1) is 14.5. The maximum atomic E-state index is 12.7. The standard InChI is InChI=1S/C22H18ClF3N2O3/c1-21(2)14(11-17(23)22(24,25)26)19(21)20(29)31-16(12-27)15-9-6-10-18(28-15)30-13-7-4-3-5-8-13/h3-11,14,16,19H,1-2H3/b17-11-/t14-,16-,19-/m1/s1. The number of para-hydroxylation sites is 1. The fourth-order valence-electron chi connectivity index (χ4n) is 3.28. The Balaban J connectivity index is 1.72. The minimum absolute atomic E-state index is 0.142. The number of rotatable bonds is 6. The van der Waals surface area contributed by atoms with Gasteiger partial charge in [-0.3, -0.25) is 4.79 Å². The number of pyridine rings is 1. The Bertz CT molecular complexity index is 1030. The van der Waals surface area contributed by atoms with Crippen LogP contribution in [-0.4, -0.2) is 17.1 Å². The van der Waals surface area contributed by atoms with Crippen molar-refractivity contribution < 1.29 is 27.4 Å². The second-order valence-corrected chi connectivity index (χ2v) is 8.01. The molecule has 0 saturated heterocycles. The molecule has 162 valence electrons. The third kappa shape index (κ3) is 5.17. The number of nitrogens with zero attached hydrogens (tertiary/aromatic N) is 2. The molecule has 31 heavy (non-hydrogen) atoms. The van der Waals surface area contributed by atoms with Gasteiger partial charge in [0.2, 0.25) is 12.0 Å². The SMILES string of the molecule is CC1(C)[C@H](/C=C(\Cl)C(F)(F)F)[C@@H]1C(=O)O[C@H](C#N)c1cccc(Oc2ccccc2)n1. The van der Waals surface area contributed by atoms with Gasteiger partial charge in [0.05, 0.1) is 11.6 Å². The molecule has 1 aromatic heterocycles. The molecule has 1 fully saturated rings. The Morgan fingerprint density at radius 1 is 1.23 bits per heavy atom. The molecule has 1 aliphatic carbocycles. The summed E-state index contributed by atoms with van der Waals surface area (Å²) in [6.07, 6.45) is -5.21. The summed E-state index contributed by atoms with van der Waals surface area (Å²) < 4.78 is 49.0. The summed E-state index contributed by atoms with van der Waals surface area (Å²) in [6, 6.07) is 15.4. The zero-order chi connectivity index (χ0) is 22.8. The second-order valence-electron chi connectivity index (χ2n) is 7.60. The highest BCUT2D eigenvalue weighted by molar-refractivity contribution is 6.30. The summed E-state index contributed by atoms with van der Waals surface area (Å²) in [5.41, 5.74) is -0.642. The molecule has 0 bridgehead atoms. The molecule has 1 saturated carbocycles. The highest BCUT2D eigenvalue weighted by Crippen LogP contribution is 2.60. The normalized spacial score (nSPS) is 21.0. The number of esters is 1. The molecule has 0 amide bonds. The van der Waals surface area contributed by atoms with Gasteiger partial charge in [0.1, 0.15) is 16.9 Å². The fraction of sp³-hybridized carbons (Fsp3) is 0.318. The zero-order valence-corrected chi connectivity index (χ0v) is 17.3. The van der Waals surface area contributed by atoms with Crippen LogP contribution in [0.5, 0.6) is 11.6 Å². The first-order valence-corrected chi connectivity index (χ1v) is 9.66. The van der Waals surface area contributed by atoms with Crippen molar-refractivity contribution in [2.75, 3.05) is 0 Å². The highest BCUT2D eigenvalue weighted by Gasteiger charge is 2.62. The number of halogens is 4. The summed E-state index contributed by atoms with van der Waals surface area (Å²) in [4.78, 5) is 16.8. The van der Waals surface area contributed by atoms with E-state index in [9.17, 15) is 23.2 Å². The van der Waals surface area contributed by atoms with E-state index in [-0.39, 0.29) is 11.6 Å². The van der Waals surface area contributed by atoms with E-state index in [0.29, 0.717) is 5.75 Å². The Morgan fingerprint density at radius 2 is 1.90 bits per heavy atom. The van der Waals surface area contributed by atoms with Crippen LogP contribution >= 0.6 is 11.6 Å². The van der Waals surface area contributed by atoms with Crippen LogP contribution < -0.4 is 4.74 Å². The lowest BCUT2D eigenvalue weighted by Crippen LogP contribution is -2.15. The molecular weight excluding hydrogens is 433 g/mol. The van der Waals surface area contributed by atoms with E-state index in [0.717, 1.165) is 6.08 Å². The molecule has 9 heteroatoms. The van der Waals surface area contributed by atoms with E-state index in [1.165, 1.54) is 6.07 Å². The van der Waals surface area contributed by atoms with Crippen LogP contribution in [0.15, 0.2) is 59.6 Å². The predicted molar refractivity (Wildman–Crippen MR) is 106 cm³/mol. The van der Waals surface area contributed by atoms with Gasteiger partial charge in [-0.25, -0.2) is 4.98 Å². The highest BCUT2D eigenvalue weighted by atomic mass is 35.5. The van der Waals surface area contributed by atoms with Crippen molar-refractivity contribution in [2.24, 2.45) is 17.3 Å². The first-order valence-electron chi connectivity index (χ1n) is 9.28. The first kappa shape index (κ1) is 22.6. The monoisotopic (exact) mass is 450 g/mol. The van der Waals surface area contributed by atoms with Crippen molar-refractivity contribution in [3.8, 4) is 17.7 Å². The number of hydrogen-bond acceptors (Lipinski definition) is 5. The van der Waals surface area contributed by atoms with Crippen LogP contribution in [0.3, 0.4) is 0 Å². The largest absolute Gasteiger partial charge is 0.440 e. The van der Waals surface area contributed by atoms with E-state index in [1.807, 2.05) is 12.1 Å². The third-order valence-electron chi connectivity index (χ3n) is 5.09. The van der Waals surface area contributed by atoms with Crippen LogP contribution in [0.4, 0.5) is 13.2 Å². The van der Waals surface area contributed by atoms with Gasteiger partial charge in [-0.2, -0.15) is 18.4 Å². The molecule has 2 aromatic rings. The van der Waals surface area contributed by atoms with Crippen molar-refractivity contribution in [3.63, 3.8) is 0 Å². The van der Waals surface area contributed by atoms with Crippen LogP contribution in [0, 0.1) is 28.6 Å². The Kier molecular flexibility index (Phi) is 6.27. The van der Waals surface area contributed by atoms with Crippen molar-refractivity contribution in [1.29, 1.82) is 5.26 Å². The van der Waals surface area contributed by atoms with E-state index in [1.54, 1.807) is 50.2 Å². The number of allylic oxidation sites excluding steroid dienone is 2. The Morgan fingerprint density at radius 3 is 2.52 bits per heavy atom. The molecule has 0 radical (unpaired) electrons. The number of benzene rings is 1. The predicted octanol–water partition coefficient (Wildman–Crippen LogP) is 5.94. The minimum atomic E-state index is -4.69. The summed E-state index contributed by atoms with van der Waals surface area (Å²) >= 11 is 5.31. The molecular formula is C22H18ClF3N2O3.